The smallest absolute Gasteiger partial charge is 0.278 e. The van der Waals surface area contributed by atoms with Crippen molar-refractivity contribution >= 4 is 10.0 Å². The van der Waals surface area contributed by atoms with Crippen LogP contribution in [0.1, 0.15) is 0 Å². The summed E-state index contributed by atoms with van der Waals surface area (Å²) in [5.41, 5.74) is 0.270. The van der Waals surface area contributed by atoms with Crippen molar-refractivity contribution < 1.29 is 12.8 Å². The van der Waals surface area contributed by atoms with Gasteiger partial charge in [-0.2, -0.15) is 0 Å². The summed E-state index contributed by atoms with van der Waals surface area (Å²) in [7, 11) is -2.45. The van der Waals surface area contributed by atoms with Gasteiger partial charge in [0.25, 0.3) is 0 Å². The first-order valence-electron chi connectivity index (χ1n) is 7.68. The first-order valence-corrected chi connectivity index (χ1v) is 9.17. The molecule has 3 aromatic rings. The number of sulfonamides is 1. The zero-order valence-electron chi connectivity index (χ0n) is 13.8. The highest BCUT2D eigenvalue weighted by Crippen LogP contribution is 2.13. The number of rotatable bonds is 6. The van der Waals surface area contributed by atoms with Crippen LogP contribution in [0.2, 0.25) is 0 Å². The Balaban J connectivity index is 1.75. The van der Waals surface area contributed by atoms with E-state index in [1.165, 1.54) is 22.8 Å². The molecular formula is C16H16FN5O3S. The summed E-state index contributed by atoms with van der Waals surface area (Å²) < 4.78 is 42.7. The van der Waals surface area contributed by atoms with E-state index in [2.05, 4.69) is 14.8 Å². The Labute approximate surface area is 149 Å². The van der Waals surface area contributed by atoms with Crippen LogP contribution in [0.3, 0.4) is 0 Å². The quantitative estimate of drug-likeness (QED) is 0.684. The van der Waals surface area contributed by atoms with Crippen LogP contribution >= 0.6 is 0 Å². The van der Waals surface area contributed by atoms with Crippen LogP contribution in [0.4, 0.5) is 4.39 Å². The van der Waals surface area contributed by atoms with Crippen molar-refractivity contribution in [3.63, 3.8) is 0 Å². The number of hydrogen-bond donors (Lipinski definition) is 1. The molecule has 0 saturated heterocycles. The molecule has 0 atom stereocenters. The van der Waals surface area contributed by atoms with Gasteiger partial charge in [-0.05, 0) is 24.3 Å². The van der Waals surface area contributed by atoms with Gasteiger partial charge in [0.1, 0.15) is 10.7 Å². The molecule has 1 aromatic carbocycles. The molecule has 0 amide bonds. The lowest BCUT2D eigenvalue weighted by Crippen LogP contribution is -2.32. The lowest BCUT2D eigenvalue weighted by Gasteiger charge is -2.07. The highest BCUT2D eigenvalue weighted by atomic mass is 32.2. The van der Waals surface area contributed by atoms with Gasteiger partial charge in [-0.1, -0.05) is 12.1 Å². The van der Waals surface area contributed by atoms with Gasteiger partial charge in [0.15, 0.2) is 5.82 Å². The van der Waals surface area contributed by atoms with Gasteiger partial charge in [-0.3, -0.25) is 9.55 Å². The highest BCUT2D eigenvalue weighted by molar-refractivity contribution is 7.89. The lowest BCUT2D eigenvalue weighted by atomic mass is 10.3. The van der Waals surface area contributed by atoms with E-state index in [1.54, 1.807) is 31.6 Å². The molecule has 0 radical (unpaired) electrons. The molecule has 0 aliphatic rings. The average Bonchev–Trinajstić information content (AvgIpc) is 2.91. The second kappa shape index (κ2) is 7.18. The second-order valence-corrected chi connectivity index (χ2v) is 7.19. The maximum absolute atomic E-state index is 13.6. The average molecular weight is 377 g/mol. The summed E-state index contributed by atoms with van der Waals surface area (Å²) in [6.07, 6.45) is 3.18. The van der Waals surface area contributed by atoms with Gasteiger partial charge < -0.3 is 0 Å². The molecule has 136 valence electrons. The molecule has 0 bridgehead atoms. The predicted octanol–water partition coefficient (Wildman–Crippen LogP) is 0.761. The SMILES string of the molecule is Cn1c(-c2cccnc2)nn(CCNS(=O)(=O)c2ccccc2F)c1=O. The number of hydrogen-bond acceptors (Lipinski definition) is 5. The van der Waals surface area contributed by atoms with E-state index in [0.717, 1.165) is 10.7 Å². The van der Waals surface area contributed by atoms with E-state index in [-0.39, 0.29) is 13.1 Å². The maximum atomic E-state index is 13.6. The third kappa shape index (κ3) is 3.55. The molecule has 0 aliphatic carbocycles. The number of halogens is 1. The Kier molecular flexibility index (Phi) is 4.96. The van der Waals surface area contributed by atoms with Crippen molar-refractivity contribution in [2.45, 2.75) is 11.4 Å². The fraction of sp³-hybridized carbons (Fsp3) is 0.188. The van der Waals surface area contributed by atoms with Crippen LogP contribution in [-0.4, -0.2) is 34.3 Å². The van der Waals surface area contributed by atoms with Crippen LogP contribution in [0.5, 0.6) is 0 Å². The zero-order chi connectivity index (χ0) is 18.7. The van der Waals surface area contributed by atoms with Crippen LogP contribution in [0.25, 0.3) is 11.4 Å². The summed E-state index contributed by atoms with van der Waals surface area (Å²) in [6, 6.07) is 8.56. The van der Waals surface area contributed by atoms with Gasteiger partial charge in [0, 0.05) is 31.5 Å². The molecule has 0 spiro atoms. The number of pyridine rings is 1. The van der Waals surface area contributed by atoms with Crippen LogP contribution < -0.4 is 10.4 Å². The molecule has 2 aromatic heterocycles. The normalized spacial score (nSPS) is 11.6. The van der Waals surface area contributed by atoms with Gasteiger partial charge in [-0.25, -0.2) is 27.0 Å². The molecule has 8 nitrogen and oxygen atoms in total. The monoisotopic (exact) mass is 377 g/mol. The van der Waals surface area contributed by atoms with Gasteiger partial charge in [0.2, 0.25) is 10.0 Å². The molecule has 3 rings (SSSR count). The Hall–Kier alpha value is -2.85. The molecule has 2 heterocycles. The Morgan fingerprint density at radius 1 is 1.19 bits per heavy atom. The van der Waals surface area contributed by atoms with Crippen LogP contribution in [-0.2, 0) is 23.6 Å². The van der Waals surface area contributed by atoms with E-state index in [4.69, 9.17) is 0 Å². The minimum Gasteiger partial charge on any atom is -0.278 e. The summed E-state index contributed by atoms with van der Waals surface area (Å²) in [5.74, 6) is -0.422. The van der Waals surface area contributed by atoms with Gasteiger partial charge >= 0.3 is 5.69 Å². The first kappa shape index (κ1) is 18.0. The first-order chi connectivity index (χ1) is 12.4. The van der Waals surface area contributed by atoms with Crippen LogP contribution in [0.15, 0.2) is 58.5 Å². The molecule has 0 saturated carbocycles. The fourth-order valence-electron chi connectivity index (χ4n) is 2.41. The molecule has 10 heteroatoms. The van der Waals surface area contributed by atoms with Crippen molar-refractivity contribution in [2.24, 2.45) is 7.05 Å². The van der Waals surface area contributed by atoms with Crippen molar-refractivity contribution in [1.29, 1.82) is 0 Å². The van der Waals surface area contributed by atoms with E-state index in [1.807, 2.05) is 0 Å². The Bertz CT molecular complexity index is 1080. The minimum absolute atomic E-state index is 0.000613. The zero-order valence-corrected chi connectivity index (χ0v) is 14.6. The Morgan fingerprint density at radius 2 is 1.96 bits per heavy atom. The van der Waals surface area contributed by atoms with Crippen molar-refractivity contribution in [2.75, 3.05) is 6.54 Å². The molecule has 0 fully saturated rings. The van der Waals surface area contributed by atoms with E-state index >= 15 is 0 Å². The van der Waals surface area contributed by atoms with E-state index in [9.17, 15) is 17.6 Å². The standard InChI is InChI=1S/C16H16FN5O3S/c1-21-15(12-5-4-8-18-11-12)20-22(16(21)23)10-9-19-26(24,25)14-7-3-2-6-13(14)17/h2-8,11,19H,9-10H2,1H3. The molecular weight excluding hydrogens is 361 g/mol. The van der Waals surface area contributed by atoms with E-state index in [0.29, 0.717) is 11.4 Å². The highest BCUT2D eigenvalue weighted by Gasteiger charge is 2.18. The van der Waals surface area contributed by atoms with Crippen molar-refractivity contribution in [3.05, 3.63) is 65.1 Å². The molecule has 0 aliphatic heterocycles. The number of benzene rings is 1. The third-order valence-corrected chi connectivity index (χ3v) is 5.20. The number of nitrogens with zero attached hydrogens (tertiary/aromatic N) is 4. The summed E-state index contributed by atoms with van der Waals surface area (Å²) in [6.45, 7) is -0.110. The summed E-state index contributed by atoms with van der Waals surface area (Å²) >= 11 is 0. The predicted molar refractivity (Wildman–Crippen MR) is 92.3 cm³/mol. The summed E-state index contributed by atoms with van der Waals surface area (Å²) in [4.78, 5) is 15.8. The van der Waals surface area contributed by atoms with Gasteiger partial charge in [0.05, 0.1) is 6.54 Å². The van der Waals surface area contributed by atoms with Crippen molar-refractivity contribution in [3.8, 4) is 11.4 Å². The fourth-order valence-corrected chi connectivity index (χ4v) is 3.50. The topological polar surface area (TPSA) is 98.9 Å². The molecule has 26 heavy (non-hydrogen) atoms. The molecule has 1 N–H and O–H groups in total. The van der Waals surface area contributed by atoms with Gasteiger partial charge in [-0.15, -0.1) is 5.10 Å². The number of aromatic nitrogens is 4. The Morgan fingerprint density at radius 3 is 2.65 bits per heavy atom. The molecule has 0 unspecified atom stereocenters. The summed E-state index contributed by atoms with van der Waals surface area (Å²) in [5, 5.41) is 4.21. The third-order valence-electron chi connectivity index (χ3n) is 3.70. The number of nitrogens with one attached hydrogen (secondary N) is 1. The van der Waals surface area contributed by atoms with Crippen LogP contribution in [0, 0.1) is 5.82 Å². The second-order valence-electron chi connectivity index (χ2n) is 5.46. The van der Waals surface area contributed by atoms with Crippen molar-refractivity contribution in [1.82, 2.24) is 24.1 Å². The van der Waals surface area contributed by atoms with E-state index < -0.39 is 26.4 Å². The minimum atomic E-state index is -4.01. The lowest BCUT2D eigenvalue weighted by molar-refractivity contribution is 0.539. The largest absolute Gasteiger partial charge is 0.345 e. The maximum Gasteiger partial charge on any atom is 0.345 e.